The Morgan fingerprint density at radius 2 is 2.05 bits per heavy atom. The van der Waals surface area contributed by atoms with E-state index in [-0.39, 0.29) is 5.82 Å². The molecule has 1 aliphatic rings. The van der Waals surface area contributed by atoms with Gasteiger partial charge in [0.2, 0.25) is 0 Å². The van der Waals surface area contributed by atoms with Gasteiger partial charge in [0.25, 0.3) is 0 Å². The summed E-state index contributed by atoms with van der Waals surface area (Å²) in [6, 6.07) is 3.71. The molecule has 3 rings (SSSR count). The molecule has 1 fully saturated rings. The monoisotopic (exact) mass is 343 g/mol. The number of H-pyrrole nitrogens is 1. The van der Waals surface area contributed by atoms with Crippen LogP contribution in [0.4, 0.5) is 4.39 Å². The lowest BCUT2D eigenvalue weighted by atomic mass is 10.1. The predicted molar refractivity (Wildman–Crippen MR) is 80.5 cm³/mol. The van der Waals surface area contributed by atoms with Gasteiger partial charge in [-0.1, -0.05) is 0 Å². The van der Waals surface area contributed by atoms with Crippen LogP contribution in [0, 0.1) is 10.6 Å². The van der Waals surface area contributed by atoms with E-state index in [0.29, 0.717) is 15.3 Å². The average molecular weight is 344 g/mol. The number of aromatic nitrogens is 2. The van der Waals surface area contributed by atoms with Gasteiger partial charge in [-0.3, -0.25) is 0 Å². The second-order valence-corrected chi connectivity index (χ2v) is 6.36. The molecule has 2 heterocycles. The minimum Gasteiger partial charge on any atom is -0.330 e. The van der Waals surface area contributed by atoms with Gasteiger partial charge < -0.3 is 14.5 Å². The van der Waals surface area contributed by atoms with Gasteiger partial charge in [-0.15, -0.1) is 0 Å². The number of aromatic amines is 1. The second-order valence-electron chi connectivity index (χ2n) is 5.12. The number of piperidine rings is 1. The highest BCUT2D eigenvalue weighted by molar-refractivity contribution is 9.10. The van der Waals surface area contributed by atoms with Gasteiger partial charge in [0.1, 0.15) is 5.82 Å². The fraction of sp³-hybridized carbons (Fsp3) is 0.462. The van der Waals surface area contributed by atoms with Crippen molar-refractivity contribution in [1.29, 1.82) is 0 Å². The third-order valence-corrected chi connectivity index (χ3v) is 4.72. The van der Waals surface area contributed by atoms with Gasteiger partial charge in [-0.25, -0.2) is 4.39 Å². The van der Waals surface area contributed by atoms with Crippen molar-refractivity contribution in [2.75, 3.05) is 20.1 Å². The number of likely N-dealkylation sites (tertiary alicyclic amines) is 1. The summed E-state index contributed by atoms with van der Waals surface area (Å²) in [4.78, 5) is 5.43. The van der Waals surface area contributed by atoms with E-state index in [0.717, 1.165) is 37.0 Å². The van der Waals surface area contributed by atoms with E-state index in [1.807, 2.05) is 6.07 Å². The fourth-order valence-corrected chi connectivity index (χ4v) is 3.42. The Labute approximate surface area is 124 Å². The van der Waals surface area contributed by atoms with Gasteiger partial charge >= 0.3 is 0 Å². The number of hydrogen-bond donors (Lipinski definition) is 1. The molecule has 1 aromatic heterocycles. The van der Waals surface area contributed by atoms with Crippen molar-refractivity contribution in [3.05, 3.63) is 27.2 Å². The summed E-state index contributed by atoms with van der Waals surface area (Å²) in [7, 11) is 2.14. The van der Waals surface area contributed by atoms with Gasteiger partial charge in [-0.2, -0.15) is 0 Å². The molecule has 0 saturated carbocycles. The van der Waals surface area contributed by atoms with Crippen molar-refractivity contribution >= 4 is 39.2 Å². The first-order valence-corrected chi connectivity index (χ1v) is 7.54. The Bertz CT molecular complexity index is 670. The molecular formula is C13H15BrFN3S. The minimum atomic E-state index is -0.265. The van der Waals surface area contributed by atoms with E-state index in [1.165, 1.54) is 6.07 Å². The molecular weight excluding hydrogens is 329 g/mol. The SMILES string of the molecule is CN1CCC(n2c(=S)[nH]c3cc(F)c(Br)cc32)CC1. The largest absolute Gasteiger partial charge is 0.330 e. The zero-order chi connectivity index (χ0) is 13.6. The molecule has 0 bridgehead atoms. The number of rotatable bonds is 1. The summed E-state index contributed by atoms with van der Waals surface area (Å²) in [5.41, 5.74) is 1.75. The molecule has 6 heteroatoms. The molecule has 19 heavy (non-hydrogen) atoms. The van der Waals surface area contributed by atoms with Crippen LogP contribution in [0.25, 0.3) is 11.0 Å². The van der Waals surface area contributed by atoms with Crippen LogP contribution in [-0.4, -0.2) is 34.6 Å². The quantitative estimate of drug-likeness (QED) is 0.794. The third kappa shape index (κ3) is 2.37. The number of imidazole rings is 1. The van der Waals surface area contributed by atoms with Crippen LogP contribution in [0.5, 0.6) is 0 Å². The first-order chi connectivity index (χ1) is 9.06. The van der Waals surface area contributed by atoms with E-state index < -0.39 is 0 Å². The van der Waals surface area contributed by atoms with Crippen molar-refractivity contribution in [1.82, 2.24) is 14.5 Å². The van der Waals surface area contributed by atoms with E-state index in [1.54, 1.807) is 0 Å². The molecule has 1 N–H and O–H groups in total. The maximum absolute atomic E-state index is 13.6. The van der Waals surface area contributed by atoms with Gasteiger partial charge in [0.15, 0.2) is 4.77 Å². The summed E-state index contributed by atoms with van der Waals surface area (Å²) < 4.78 is 16.9. The maximum atomic E-state index is 13.6. The third-order valence-electron chi connectivity index (χ3n) is 3.81. The lowest BCUT2D eigenvalue weighted by Crippen LogP contribution is -2.31. The van der Waals surface area contributed by atoms with Crippen LogP contribution >= 0.6 is 28.1 Å². The Balaban J connectivity index is 2.10. The van der Waals surface area contributed by atoms with Gasteiger partial charge in [0, 0.05) is 12.1 Å². The molecule has 0 amide bonds. The highest BCUT2D eigenvalue weighted by Gasteiger charge is 2.21. The number of hydrogen-bond acceptors (Lipinski definition) is 2. The molecule has 1 saturated heterocycles. The second kappa shape index (κ2) is 5.00. The predicted octanol–water partition coefficient (Wildman–Crippen LogP) is 3.87. The summed E-state index contributed by atoms with van der Waals surface area (Å²) in [5, 5.41) is 0. The Morgan fingerprint density at radius 3 is 2.74 bits per heavy atom. The number of nitrogens with zero attached hydrogens (tertiary/aromatic N) is 2. The fourth-order valence-electron chi connectivity index (χ4n) is 2.74. The number of fused-ring (bicyclic) bond motifs is 1. The topological polar surface area (TPSA) is 24.0 Å². The summed E-state index contributed by atoms with van der Waals surface area (Å²) in [6.07, 6.45) is 2.15. The first kappa shape index (κ1) is 13.3. The number of nitrogens with one attached hydrogen (secondary N) is 1. The zero-order valence-corrected chi connectivity index (χ0v) is 13.0. The van der Waals surface area contributed by atoms with Crippen LogP contribution in [0.2, 0.25) is 0 Å². The summed E-state index contributed by atoms with van der Waals surface area (Å²) in [5.74, 6) is -0.265. The highest BCUT2D eigenvalue weighted by atomic mass is 79.9. The average Bonchev–Trinajstić information content (AvgIpc) is 2.67. The van der Waals surface area contributed by atoms with Crippen LogP contribution in [-0.2, 0) is 0 Å². The van der Waals surface area contributed by atoms with Gasteiger partial charge in [-0.05, 0) is 67.2 Å². The molecule has 2 aromatic rings. The normalized spacial score (nSPS) is 18.3. The first-order valence-electron chi connectivity index (χ1n) is 6.34. The van der Waals surface area contributed by atoms with E-state index in [2.05, 4.69) is 37.4 Å². The van der Waals surface area contributed by atoms with Gasteiger partial charge in [0.05, 0.1) is 15.5 Å². The van der Waals surface area contributed by atoms with Crippen molar-refractivity contribution < 1.29 is 4.39 Å². The molecule has 0 spiro atoms. The molecule has 0 unspecified atom stereocenters. The zero-order valence-electron chi connectivity index (χ0n) is 10.6. The summed E-state index contributed by atoms with van der Waals surface area (Å²) >= 11 is 8.65. The molecule has 3 nitrogen and oxygen atoms in total. The molecule has 1 aromatic carbocycles. The van der Waals surface area contributed by atoms with E-state index in [9.17, 15) is 4.39 Å². The Kier molecular flexibility index (Phi) is 3.49. The molecule has 102 valence electrons. The number of halogens is 2. The highest BCUT2D eigenvalue weighted by Crippen LogP contribution is 2.29. The molecule has 0 atom stereocenters. The van der Waals surface area contributed by atoms with Crippen molar-refractivity contribution in [3.63, 3.8) is 0 Å². The maximum Gasteiger partial charge on any atom is 0.178 e. The van der Waals surface area contributed by atoms with Crippen LogP contribution in [0.1, 0.15) is 18.9 Å². The minimum absolute atomic E-state index is 0.265. The van der Waals surface area contributed by atoms with Crippen molar-refractivity contribution in [2.45, 2.75) is 18.9 Å². The molecule has 1 aliphatic heterocycles. The van der Waals surface area contributed by atoms with Crippen molar-refractivity contribution in [3.8, 4) is 0 Å². The smallest absolute Gasteiger partial charge is 0.178 e. The lowest BCUT2D eigenvalue weighted by Gasteiger charge is -2.30. The molecule has 0 aliphatic carbocycles. The van der Waals surface area contributed by atoms with Crippen LogP contribution < -0.4 is 0 Å². The van der Waals surface area contributed by atoms with E-state index >= 15 is 0 Å². The standard InChI is InChI=1S/C13H15BrFN3S/c1-17-4-2-8(3-5-17)18-12-6-9(14)10(15)7-11(12)16-13(18)19/h6-8H,2-5H2,1H3,(H,16,19). The number of benzene rings is 1. The van der Waals surface area contributed by atoms with E-state index in [4.69, 9.17) is 12.2 Å². The molecule has 0 radical (unpaired) electrons. The van der Waals surface area contributed by atoms with Crippen LogP contribution in [0.3, 0.4) is 0 Å². The van der Waals surface area contributed by atoms with Crippen molar-refractivity contribution in [2.24, 2.45) is 0 Å². The Morgan fingerprint density at radius 1 is 1.37 bits per heavy atom. The van der Waals surface area contributed by atoms with Crippen LogP contribution in [0.15, 0.2) is 16.6 Å². The Hall–Kier alpha value is -0.720. The lowest BCUT2D eigenvalue weighted by molar-refractivity contribution is 0.223. The summed E-state index contributed by atoms with van der Waals surface area (Å²) in [6.45, 7) is 2.14.